The summed E-state index contributed by atoms with van der Waals surface area (Å²) in [5.41, 5.74) is 6.55. The topological polar surface area (TPSA) is 72.2 Å². The first-order chi connectivity index (χ1) is 9.49. The van der Waals surface area contributed by atoms with E-state index in [4.69, 9.17) is 5.73 Å². The highest BCUT2D eigenvalue weighted by atomic mass is 32.1. The lowest BCUT2D eigenvalue weighted by Crippen LogP contribution is -2.42. The van der Waals surface area contributed by atoms with E-state index >= 15 is 0 Å². The SMILES string of the molecule is CC(NC(=O)c1sccc1-c1ccc(F)cc1)C(N)=O. The zero-order valence-electron chi connectivity index (χ0n) is 10.7. The average molecular weight is 292 g/mol. The van der Waals surface area contributed by atoms with Crippen molar-refractivity contribution in [1.29, 1.82) is 0 Å². The van der Waals surface area contributed by atoms with Crippen molar-refractivity contribution < 1.29 is 14.0 Å². The molecule has 0 saturated carbocycles. The summed E-state index contributed by atoms with van der Waals surface area (Å²) in [6.07, 6.45) is 0. The number of primary amides is 1. The van der Waals surface area contributed by atoms with Gasteiger partial charge in [0.15, 0.2) is 0 Å². The Morgan fingerprint density at radius 1 is 1.25 bits per heavy atom. The molecule has 3 N–H and O–H groups in total. The van der Waals surface area contributed by atoms with E-state index in [9.17, 15) is 14.0 Å². The van der Waals surface area contributed by atoms with Crippen LogP contribution in [-0.2, 0) is 4.79 Å². The number of hydrogen-bond donors (Lipinski definition) is 2. The van der Waals surface area contributed by atoms with Crippen molar-refractivity contribution in [3.05, 3.63) is 46.4 Å². The second kappa shape index (κ2) is 5.83. The summed E-state index contributed by atoms with van der Waals surface area (Å²) in [4.78, 5) is 23.5. The number of nitrogens with one attached hydrogen (secondary N) is 1. The third-order valence-corrected chi connectivity index (χ3v) is 3.71. The summed E-state index contributed by atoms with van der Waals surface area (Å²) in [5.74, 6) is -1.30. The molecule has 1 atom stereocenters. The van der Waals surface area contributed by atoms with Gasteiger partial charge in [0.1, 0.15) is 11.9 Å². The number of carbonyl (C=O) groups excluding carboxylic acids is 2. The molecule has 0 radical (unpaired) electrons. The van der Waals surface area contributed by atoms with Crippen molar-refractivity contribution in [3.63, 3.8) is 0 Å². The number of benzene rings is 1. The second-order valence-electron chi connectivity index (χ2n) is 4.27. The molecule has 0 aliphatic carbocycles. The summed E-state index contributed by atoms with van der Waals surface area (Å²) < 4.78 is 12.9. The van der Waals surface area contributed by atoms with E-state index in [-0.39, 0.29) is 11.7 Å². The summed E-state index contributed by atoms with van der Waals surface area (Å²) in [7, 11) is 0. The van der Waals surface area contributed by atoms with Gasteiger partial charge in [0.25, 0.3) is 5.91 Å². The number of halogens is 1. The molecule has 2 aromatic rings. The van der Waals surface area contributed by atoms with Crippen molar-refractivity contribution in [2.45, 2.75) is 13.0 Å². The van der Waals surface area contributed by atoms with Crippen LogP contribution in [0.4, 0.5) is 4.39 Å². The predicted molar refractivity (Wildman–Crippen MR) is 75.8 cm³/mol. The molecule has 0 spiro atoms. The molecule has 0 bridgehead atoms. The van der Waals surface area contributed by atoms with Gasteiger partial charge in [-0.3, -0.25) is 9.59 Å². The van der Waals surface area contributed by atoms with Crippen LogP contribution in [0.1, 0.15) is 16.6 Å². The minimum Gasteiger partial charge on any atom is -0.368 e. The van der Waals surface area contributed by atoms with Crippen LogP contribution in [0.5, 0.6) is 0 Å². The quantitative estimate of drug-likeness (QED) is 0.906. The van der Waals surface area contributed by atoms with Crippen LogP contribution in [0.2, 0.25) is 0 Å². The van der Waals surface area contributed by atoms with Gasteiger partial charge in [0, 0.05) is 5.56 Å². The Labute approximate surface area is 119 Å². The molecule has 0 aliphatic heterocycles. The number of carbonyl (C=O) groups is 2. The predicted octanol–water partition coefficient (Wildman–Crippen LogP) is 2.16. The first kappa shape index (κ1) is 14.2. The van der Waals surface area contributed by atoms with Crippen molar-refractivity contribution in [1.82, 2.24) is 5.32 Å². The summed E-state index contributed by atoms with van der Waals surface area (Å²) in [6.45, 7) is 1.52. The lowest BCUT2D eigenvalue weighted by molar-refractivity contribution is -0.119. The molecule has 0 fully saturated rings. The summed E-state index contributed by atoms with van der Waals surface area (Å²) in [5, 5.41) is 4.29. The van der Waals surface area contributed by atoms with E-state index in [0.29, 0.717) is 10.4 Å². The Balaban J connectivity index is 2.26. The molecule has 104 valence electrons. The fraction of sp³-hybridized carbons (Fsp3) is 0.143. The Hall–Kier alpha value is -2.21. The van der Waals surface area contributed by atoms with Gasteiger partial charge < -0.3 is 11.1 Å². The zero-order chi connectivity index (χ0) is 14.7. The fourth-order valence-electron chi connectivity index (χ4n) is 1.68. The lowest BCUT2D eigenvalue weighted by Gasteiger charge is -2.10. The van der Waals surface area contributed by atoms with Gasteiger partial charge in [0.05, 0.1) is 4.88 Å². The number of nitrogens with two attached hydrogens (primary N) is 1. The Morgan fingerprint density at radius 2 is 1.90 bits per heavy atom. The van der Waals surface area contributed by atoms with Crippen LogP contribution in [0.3, 0.4) is 0 Å². The molecule has 1 unspecified atom stereocenters. The highest BCUT2D eigenvalue weighted by Gasteiger charge is 2.18. The zero-order valence-corrected chi connectivity index (χ0v) is 11.5. The van der Waals surface area contributed by atoms with Crippen LogP contribution < -0.4 is 11.1 Å². The minimum absolute atomic E-state index is 0.336. The second-order valence-corrected chi connectivity index (χ2v) is 5.18. The maximum Gasteiger partial charge on any atom is 0.262 e. The van der Waals surface area contributed by atoms with Crippen LogP contribution in [0, 0.1) is 5.82 Å². The van der Waals surface area contributed by atoms with Gasteiger partial charge in [-0.2, -0.15) is 0 Å². The number of thiophene rings is 1. The molecule has 6 heteroatoms. The third kappa shape index (κ3) is 3.03. The van der Waals surface area contributed by atoms with E-state index in [0.717, 1.165) is 5.56 Å². The van der Waals surface area contributed by atoms with Crippen molar-refractivity contribution in [2.24, 2.45) is 5.73 Å². The highest BCUT2D eigenvalue weighted by molar-refractivity contribution is 7.12. The van der Waals surface area contributed by atoms with Gasteiger partial charge in [-0.1, -0.05) is 12.1 Å². The standard InChI is InChI=1S/C14H13FN2O2S/c1-8(13(16)18)17-14(19)12-11(6-7-20-12)9-2-4-10(15)5-3-9/h2-8H,1H3,(H2,16,18)(H,17,19). The van der Waals surface area contributed by atoms with Crippen molar-refractivity contribution in [2.75, 3.05) is 0 Å². The number of rotatable bonds is 4. The Kier molecular flexibility index (Phi) is 4.14. The van der Waals surface area contributed by atoms with E-state index < -0.39 is 11.9 Å². The molecule has 1 heterocycles. The van der Waals surface area contributed by atoms with Crippen LogP contribution in [-0.4, -0.2) is 17.9 Å². The monoisotopic (exact) mass is 292 g/mol. The third-order valence-electron chi connectivity index (χ3n) is 2.80. The maximum atomic E-state index is 12.9. The number of amides is 2. The molecular formula is C14H13FN2O2S. The largest absolute Gasteiger partial charge is 0.368 e. The molecular weight excluding hydrogens is 279 g/mol. The normalized spacial score (nSPS) is 11.9. The molecule has 2 rings (SSSR count). The van der Waals surface area contributed by atoms with E-state index in [1.54, 1.807) is 23.6 Å². The van der Waals surface area contributed by atoms with Crippen molar-refractivity contribution >= 4 is 23.2 Å². The van der Waals surface area contributed by atoms with Gasteiger partial charge in [-0.25, -0.2) is 4.39 Å². The first-order valence-corrected chi connectivity index (χ1v) is 6.80. The van der Waals surface area contributed by atoms with Crippen LogP contribution >= 0.6 is 11.3 Å². The van der Waals surface area contributed by atoms with Gasteiger partial charge in [0.2, 0.25) is 5.91 Å². The lowest BCUT2D eigenvalue weighted by atomic mass is 10.1. The minimum atomic E-state index is -0.745. The average Bonchev–Trinajstić information content (AvgIpc) is 2.88. The molecule has 2 amide bonds. The number of hydrogen-bond acceptors (Lipinski definition) is 3. The van der Waals surface area contributed by atoms with Gasteiger partial charge in [-0.15, -0.1) is 11.3 Å². The molecule has 0 saturated heterocycles. The molecule has 1 aromatic heterocycles. The summed E-state index contributed by atoms with van der Waals surface area (Å²) in [6, 6.07) is 6.91. The van der Waals surface area contributed by atoms with E-state index in [1.807, 2.05) is 0 Å². The van der Waals surface area contributed by atoms with Gasteiger partial charge >= 0.3 is 0 Å². The van der Waals surface area contributed by atoms with Crippen LogP contribution in [0.25, 0.3) is 11.1 Å². The highest BCUT2D eigenvalue weighted by Crippen LogP contribution is 2.28. The van der Waals surface area contributed by atoms with E-state index in [1.165, 1.54) is 30.4 Å². The molecule has 1 aromatic carbocycles. The maximum absolute atomic E-state index is 12.9. The Bertz CT molecular complexity index is 637. The van der Waals surface area contributed by atoms with Crippen LogP contribution in [0.15, 0.2) is 35.7 Å². The van der Waals surface area contributed by atoms with Crippen molar-refractivity contribution in [3.8, 4) is 11.1 Å². The molecule has 20 heavy (non-hydrogen) atoms. The summed E-state index contributed by atoms with van der Waals surface area (Å²) >= 11 is 1.25. The first-order valence-electron chi connectivity index (χ1n) is 5.92. The van der Waals surface area contributed by atoms with E-state index in [2.05, 4.69) is 5.32 Å². The molecule has 4 nitrogen and oxygen atoms in total. The smallest absolute Gasteiger partial charge is 0.262 e. The molecule has 0 aliphatic rings. The Morgan fingerprint density at radius 3 is 2.50 bits per heavy atom. The van der Waals surface area contributed by atoms with Gasteiger partial charge in [-0.05, 0) is 36.1 Å². The fourth-order valence-corrected chi connectivity index (χ4v) is 2.49.